The van der Waals surface area contributed by atoms with Crippen LogP contribution in [0.4, 0.5) is 0 Å². The van der Waals surface area contributed by atoms with Crippen molar-refractivity contribution in [1.82, 2.24) is 9.55 Å². The van der Waals surface area contributed by atoms with Crippen molar-refractivity contribution in [2.75, 3.05) is 13.7 Å². The molecule has 0 N–H and O–H groups in total. The second-order valence-corrected chi connectivity index (χ2v) is 4.82. The highest BCUT2D eigenvalue weighted by atomic mass is 16.5. The predicted octanol–water partition coefficient (Wildman–Crippen LogP) is 2.97. The largest absolute Gasteiger partial charge is 0.385 e. The highest BCUT2D eigenvalue weighted by Gasteiger charge is 2.12. The third-order valence-corrected chi connectivity index (χ3v) is 3.24. The van der Waals surface area contributed by atoms with Crippen LogP contribution in [0.25, 0.3) is 11.0 Å². The highest BCUT2D eigenvalue weighted by molar-refractivity contribution is 6.06. The quantitative estimate of drug-likeness (QED) is 0.592. The fraction of sp³-hybridized carbons (Fsp3) is 0.467. The number of aromatic nitrogens is 2. The molecule has 4 nitrogen and oxygen atoms in total. The first-order valence-corrected chi connectivity index (χ1v) is 6.60. The number of fused-ring (bicyclic) bond motifs is 1. The van der Waals surface area contributed by atoms with Crippen LogP contribution >= 0.6 is 0 Å². The van der Waals surface area contributed by atoms with Gasteiger partial charge in [-0.25, -0.2) is 4.98 Å². The van der Waals surface area contributed by atoms with Gasteiger partial charge in [0.05, 0.1) is 0 Å². The number of methoxy groups -OCH3 is 1. The molecule has 0 unspecified atom stereocenters. The Hall–Kier alpha value is -1.68. The molecule has 2 aromatic rings. The Kier molecular flexibility index (Phi) is 4.32. The summed E-state index contributed by atoms with van der Waals surface area (Å²) in [5.41, 5.74) is 2.63. The molecule has 0 aliphatic heterocycles. The van der Waals surface area contributed by atoms with E-state index >= 15 is 0 Å². The second-order valence-electron chi connectivity index (χ2n) is 4.82. The standard InChI is InChI=1S/C15H20N2O2/c1-11-6-7-13-14(12(2)18)10-17(15(13)16-11)8-4-5-9-19-3/h6-7,10H,4-5,8-9H2,1-3H3. The van der Waals surface area contributed by atoms with Crippen molar-refractivity contribution < 1.29 is 9.53 Å². The van der Waals surface area contributed by atoms with Gasteiger partial charge in [0.25, 0.3) is 0 Å². The molecule has 0 fully saturated rings. The zero-order valence-corrected chi connectivity index (χ0v) is 11.8. The molecule has 19 heavy (non-hydrogen) atoms. The van der Waals surface area contributed by atoms with E-state index in [2.05, 4.69) is 9.55 Å². The maximum Gasteiger partial charge on any atom is 0.162 e. The van der Waals surface area contributed by atoms with Gasteiger partial charge in [-0.2, -0.15) is 0 Å². The Labute approximate surface area is 113 Å². The van der Waals surface area contributed by atoms with Gasteiger partial charge in [0.15, 0.2) is 5.78 Å². The highest BCUT2D eigenvalue weighted by Crippen LogP contribution is 2.21. The summed E-state index contributed by atoms with van der Waals surface area (Å²) in [4.78, 5) is 16.2. The molecule has 0 aliphatic carbocycles. The monoisotopic (exact) mass is 260 g/mol. The van der Waals surface area contributed by atoms with Crippen molar-refractivity contribution in [3.05, 3.63) is 29.6 Å². The van der Waals surface area contributed by atoms with Crippen LogP contribution in [0.5, 0.6) is 0 Å². The van der Waals surface area contributed by atoms with Gasteiger partial charge >= 0.3 is 0 Å². The summed E-state index contributed by atoms with van der Waals surface area (Å²) >= 11 is 0. The molecule has 2 rings (SSSR count). The van der Waals surface area contributed by atoms with Crippen molar-refractivity contribution in [1.29, 1.82) is 0 Å². The number of hydrogen-bond donors (Lipinski definition) is 0. The summed E-state index contributed by atoms with van der Waals surface area (Å²) in [6, 6.07) is 3.93. The average Bonchev–Trinajstić information content (AvgIpc) is 2.73. The molecule has 0 saturated carbocycles. The second kappa shape index (κ2) is 5.97. The number of carbonyl (C=O) groups is 1. The summed E-state index contributed by atoms with van der Waals surface area (Å²) in [5.74, 6) is 0.0892. The van der Waals surface area contributed by atoms with E-state index in [1.807, 2.05) is 25.3 Å². The lowest BCUT2D eigenvalue weighted by atomic mass is 10.1. The van der Waals surface area contributed by atoms with E-state index in [1.54, 1.807) is 14.0 Å². The molecule has 102 valence electrons. The molecule has 2 aromatic heterocycles. The minimum absolute atomic E-state index is 0.0892. The lowest BCUT2D eigenvalue weighted by Gasteiger charge is -2.04. The van der Waals surface area contributed by atoms with Crippen LogP contribution in [0.15, 0.2) is 18.3 Å². The van der Waals surface area contributed by atoms with Crippen LogP contribution in [0, 0.1) is 6.92 Å². The lowest BCUT2D eigenvalue weighted by molar-refractivity contribution is 0.101. The van der Waals surface area contributed by atoms with Crippen LogP contribution in [-0.4, -0.2) is 29.1 Å². The molecule has 0 aromatic carbocycles. The van der Waals surface area contributed by atoms with E-state index in [0.29, 0.717) is 0 Å². The molecular weight excluding hydrogens is 240 g/mol. The van der Waals surface area contributed by atoms with Crippen molar-refractivity contribution in [2.24, 2.45) is 0 Å². The molecule has 0 aliphatic rings. The van der Waals surface area contributed by atoms with E-state index in [1.165, 1.54) is 0 Å². The zero-order valence-electron chi connectivity index (χ0n) is 11.8. The van der Waals surface area contributed by atoms with E-state index in [9.17, 15) is 4.79 Å². The van der Waals surface area contributed by atoms with Crippen LogP contribution in [-0.2, 0) is 11.3 Å². The Bertz CT molecular complexity index is 587. The summed E-state index contributed by atoms with van der Waals surface area (Å²) < 4.78 is 7.13. The maximum atomic E-state index is 11.7. The number of nitrogens with zero attached hydrogens (tertiary/aromatic N) is 2. The van der Waals surface area contributed by atoms with Crippen LogP contribution in [0.3, 0.4) is 0 Å². The number of ketones is 1. The Morgan fingerprint density at radius 2 is 2.16 bits per heavy atom. The summed E-state index contributed by atoms with van der Waals surface area (Å²) in [6.07, 6.45) is 3.95. The molecule has 0 amide bonds. The van der Waals surface area contributed by atoms with Crippen molar-refractivity contribution in [3.8, 4) is 0 Å². The number of aryl methyl sites for hydroxylation is 2. The predicted molar refractivity (Wildman–Crippen MR) is 75.6 cm³/mol. The van der Waals surface area contributed by atoms with Gasteiger partial charge in [-0.3, -0.25) is 4.79 Å². The summed E-state index contributed by atoms with van der Waals surface area (Å²) in [5, 5.41) is 0.949. The van der Waals surface area contributed by atoms with Gasteiger partial charge in [0.2, 0.25) is 0 Å². The topological polar surface area (TPSA) is 44.1 Å². The van der Waals surface area contributed by atoms with E-state index in [0.717, 1.165) is 48.3 Å². The first-order chi connectivity index (χ1) is 9.13. The van der Waals surface area contributed by atoms with E-state index in [-0.39, 0.29) is 5.78 Å². The van der Waals surface area contributed by atoms with E-state index in [4.69, 9.17) is 4.74 Å². The molecule has 0 saturated heterocycles. The molecule has 0 spiro atoms. The summed E-state index contributed by atoms with van der Waals surface area (Å²) in [7, 11) is 1.71. The number of carbonyl (C=O) groups excluding carboxylic acids is 1. The third-order valence-electron chi connectivity index (χ3n) is 3.24. The van der Waals surface area contributed by atoms with E-state index < -0.39 is 0 Å². The smallest absolute Gasteiger partial charge is 0.162 e. The molecule has 4 heteroatoms. The zero-order chi connectivity index (χ0) is 13.8. The summed E-state index contributed by atoms with van der Waals surface area (Å²) in [6.45, 7) is 5.20. The maximum absolute atomic E-state index is 11.7. The van der Waals surface area contributed by atoms with Crippen molar-refractivity contribution in [3.63, 3.8) is 0 Å². The van der Waals surface area contributed by atoms with Crippen LogP contribution in [0.1, 0.15) is 35.8 Å². The number of ether oxygens (including phenoxy) is 1. The Balaban J connectivity index is 2.31. The SMILES string of the molecule is COCCCCn1cc(C(C)=O)c2ccc(C)nc21. The Morgan fingerprint density at radius 1 is 1.37 bits per heavy atom. The normalized spacial score (nSPS) is 11.1. The van der Waals surface area contributed by atoms with Gasteiger partial charge in [0, 0.05) is 43.1 Å². The number of Topliss-reactive ketones (excluding diaryl/α,β-unsaturated/α-hetero) is 1. The van der Waals surface area contributed by atoms with Crippen molar-refractivity contribution in [2.45, 2.75) is 33.2 Å². The number of rotatable bonds is 6. The van der Waals surface area contributed by atoms with Gasteiger partial charge in [-0.15, -0.1) is 0 Å². The first-order valence-electron chi connectivity index (χ1n) is 6.60. The van der Waals surface area contributed by atoms with Gasteiger partial charge in [-0.1, -0.05) is 0 Å². The molecular formula is C15H20N2O2. The van der Waals surface area contributed by atoms with Crippen LogP contribution < -0.4 is 0 Å². The molecule has 2 heterocycles. The Morgan fingerprint density at radius 3 is 2.84 bits per heavy atom. The third kappa shape index (κ3) is 3.01. The average molecular weight is 260 g/mol. The lowest BCUT2D eigenvalue weighted by Crippen LogP contribution is -2.00. The van der Waals surface area contributed by atoms with Gasteiger partial charge in [-0.05, 0) is 38.8 Å². The number of unbranched alkanes of at least 4 members (excludes halogenated alkanes) is 1. The fourth-order valence-electron chi connectivity index (χ4n) is 2.24. The minimum Gasteiger partial charge on any atom is -0.385 e. The van der Waals surface area contributed by atoms with Crippen LogP contribution in [0.2, 0.25) is 0 Å². The molecule has 0 radical (unpaired) electrons. The number of pyridine rings is 1. The van der Waals surface area contributed by atoms with Gasteiger partial charge < -0.3 is 9.30 Å². The number of hydrogen-bond acceptors (Lipinski definition) is 3. The fourth-order valence-corrected chi connectivity index (χ4v) is 2.24. The minimum atomic E-state index is 0.0892. The van der Waals surface area contributed by atoms with Crippen molar-refractivity contribution >= 4 is 16.8 Å². The first kappa shape index (κ1) is 13.7. The molecule has 0 atom stereocenters. The van der Waals surface area contributed by atoms with Gasteiger partial charge in [0.1, 0.15) is 5.65 Å². The molecule has 0 bridgehead atoms.